The molecule has 0 unspecified atom stereocenters. The van der Waals surface area contributed by atoms with Gasteiger partial charge in [-0.05, 0) is 34.1 Å². The van der Waals surface area contributed by atoms with E-state index in [2.05, 4.69) is 15.9 Å². The second kappa shape index (κ2) is 2.95. The van der Waals surface area contributed by atoms with Crippen molar-refractivity contribution in [3.8, 4) is 10.6 Å². The van der Waals surface area contributed by atoms with Crippen LogP contribution in [0.1, 0.15) is 0 Å². The monoisotopic (exact) mass is 243 g/mol. The molecule has 2 N–H and O–H groups in total. The van der Waals surface area contributed by atoms with Gasteiger partial charge in [-0.1, -0.05) is 0 Å². The summed E-state index contributed by atoms with van der Waals surface area (Å²) in [6.07, 6.45) is 1.65. The molecule has 12 heavy (non-hydrogen) atoms. The number of nitrogens with two attached hydrogens (primary N) is 1. The summed E-state index contributed by atoms with van der Waals surface area (Å²) >= 11 is 4.92. The molecular weight excluding hydrogens is 238 g/mol. The van der Waals surface area contributed by atoms with Gasteiger partial charge in [-0.3, -0.25) is 0 Å². The van der Waals surface area contributed by atoms with Gasteiger partial charge in [-0.2, -0.15) is 0 Å². The quantitative estimate of drug-likeness (QED) is 0.835. The second-order valence-electron chi connectivity index (χ2n) is 2.30. The van der Waals surface area contributed by atoms with Crippen molar-refractivity contribution < 1.29 is 4.42 Å². The molecular formula is C8H6BrNOS. The van der Waals surface area contributed by atoms with E-state index in [1.54, 1.807) is 6.26 Å². The minimum Gasteiger partial charge on any atom is -0.463 e. The molecule has 2 aromatic rings. The Morgan fingerprint density at radius 2 is 2.33 bits per heavy atom. The third-order valence-electron chi connectivity index (χ3n) is 1.45. The van der Waals surface area contributed by atoms with Crippen LogP contribution in [-0.4, -0.2) is 0 Å². The molecule has 0 saturated heterocycles. The summed E-state index contributed by atoms with van der Waals surface area (Å²) in [5, 5.41) is 0.785. The van der Waals surface area contributed by atoms with E-state index in [9.17, 15) is 0 Å². The smallest absolute Gasteiger partial charge is 0.145 e. The number of hydrogen-bond donors (Lipinski definition) is 1. The molecule has 0 spiro atoms. The lowest BCUT2D eigenvalue weighted by atomic mass is 10.4. The van der Waals surface area contributed by atoms with Crippen molar-refractivity contribution in [3.63, 3.8) is 0 Å². The lowest BCUT2D eigenvalue weighted by molar-refractivity contribution is 0.583. The Bertz CT molecular complexity index is 380. The molecule has 2 nitrogen and oxygen atoms in total. The van der Waals surface area contributed by atoms with Crippen molar-refractivity contribution in [2.24, 2.45) is 0 Å². The molecule has 0 saturated carbocycles. The highest BCUT2D eigenvalue weighted by atomic mass is 79.9. The average molecular weight is 244 g/mol. The molecule has 0 atom stereocenters. The van der Waals surface area contributed by atoms with E-state index in [1.807, 2.05) is 18.2 Å². The van der Waals surface area contributed by atoms with Crippen LogP contribution in [0.4, 0.5) is 5.00 Å². The van der Waals surface area contributed by atoms with E-state index in [4.69, 9.17) is 10.2 Å². The molecule has 62 valence electrons. The Kier molecular flexibility index (Phi) is 1.94. The number of halogens is 1. The van der Waals surface area contributed by atoms with Gasteiger partial charge in [-0.25, -0.2) is 0 Å². The maximum absolute atomic E-state index is 5.63. The molecule has 2 rings (SSSR count). The van der Waals surface area contributed by atoms with Crippen LogP contribution in [0.3, 0.4) is 0 Å². The Morgan fingerprint density at radius 1 is 1.50 bits per heavy atom. The summed E-state index contributed by atoms with van der Waals surface area (Å²) in [6.45, 7) is 0. The number of furan rings is 1. The number of thiophene rings is 1. The molecule has 0 aromatic carbocycles. The third kappa shape index (κ3) is 1.28. The van der Waals surface area contributed by atoms with E-state index in [0.717, 1.165) is 20.1 Å². The van der Waals surface area contributed by atoms with Crippen molar-refractivity contribution in [1.29, 1.82) is 0 Å². The molecule has 2 aromatic heterocycles. The number of hydrogen-bond acceptors (Lipinski definition) is 3. The number of nitrogen functional groups attached to an aromatic ring is 1. The molecule has 0 aliphatic carbocycles. The molecule has 2 heterocycles. The lowest BCUT2D eigenvalue weighted by Crippen LogP contribution is -1.72. The fourth-order valence-electron chi connectivity index (χ4n) is 0.962. The summed E-state index contributed by atoms with van der Waals surface area (Å²) in [6, 6.07) is 5.65. The Hall–Kier alpha value is -0.740. The molecule has 0 radical (unpaired) electrons. The van der Waals surface area contributed by atoms with Crippen LogP contribution in [0.15, 0.2) is 33.4 Å². The Labute approximate surface area is 82.1 Å². The Morgan fingerprint density at radius 3 is 2.83 bits per heavy atom. The first-order chi connectivity index (χ1) is 5.77. The van der Waals surface area contributed by atoms with Crippen molar-refractivity contribution in [2.75, 3.05) is 5.73 Å². The van der Waals surface area contributed by atoms with Gasteiger partial charge >= 0.3 is 0 Å². The van der Waals surface area contributed by atoms with Gasteiger partial charge in [0.05, 0.1) is 16.1 Å². The van der Waals surface area contributed by atoms with Crippen molar-refractivity contribution in [3.05, 3.63) is 28.9 Å². The largest absolute Gasteiger partial charge is 0.463 e. The number of rotatable bonds is 1. The molecule has 0 aliphatic heterocycles. The first-order valence-electron chi connectivity index (χ1n) is 3.36. The SMILES string of the molecule is Nc1cc(Br)c(-c2ccco2)s1. The highest BCUT2D eigenvalue weighted by molar-refractivity contribution is 9.10. The molecule has 0 aliphatic rings. The van der Waals surface area contributed by atoms with Crippen LogP contribution in [0.5, 0.6) is 0 Å². The average Bonchev–Trinajstić information content (AvgIpc) is 2.58. The van der Waals surface area contributed by atoms with Gasteiger partial charge in [-0.15, -0.1) is 11.3 Å². The highest BCUT2D eigenvalue weighted by Crippen LogP contribution is 2.37. The highest BCUT2D eigenvalue weighted by Gasteiger charge is 2.08. The van der Waals surface area contributed by atoms with Crippen molar-refractivity contribution in [2.45, 2.75) is 0 Å². The molecule has 4 heteroatoms. The van der Waals surface area contributed by atoms with Gasteiger partial charge in [0.1, 0.15) is 5.76 Å². The van der Waals surface area contributed by atoms with Gasteiger partial charge < -0.3 is 10.2 Å². The maximum Gasteiger partial charge on any atom is 0.145 e. The standard InChI is InChI=1S/C8H6BrNOS/c9-5-4-7(10)12-8(5)6-2-1-3-11-6/h1-4H,10H2. The van der Waals surface area contributed by atoms with E-state index in [-0.39, 0.29) is 0 Å². The van der Waals surface area contributed by atoms with Crippen LogP contribution < -0.4 is 5.73 Å². The summed E-state index contributed by atoms with van der Waals surface area (Å²) in [4.78, 5) is 1.04. The van der Waals surface area contributed by atoms with Crippen molar-refractivity contribution >= 4 is 32.3 Å². The topological polar surface area (TPSA) is 39.2 Å². The first kappa shape index (κ1) is 7.89. The second-order valence-corrected chi connectivity index (χ2v) is 4.24. The van der Waals surface area contributed by atoms with Crippen molar-refractivity contribution in [1.82, 2.24) is 0 Å². The first-order valence-corrected chi connectivity index (χ1v) is 4.97. The van der Waals surface area contributed by atoms with Crippen LogP contribution >= 0.6 is 27.3 Å². The number of anilines is 1. The third-order valence-corrected chi connectivity index (χ3v) is 3.32. The molecule has 0 amide bonds. The van der Waals surface area contributed by atoms with E-state index >= 15 is 0 Å². The van der Waals surface area contributed by atoms with Gasteiger partial charge in [0, 0.05) is 4.47 Å². The molecule has 0 bridgehead atoms. The van der Waals surface area contributed by atoms with Gasteiger partial charge in [0.2, 0.25) is 0 Å². The summed E-state index contributed by atoms with van der Waals surface area (Å²) < 4.78 is 6.22. The minimum absolute atomic E-state index is 0.785. The minimum atomic E-state index is 0.785. The summed E-state index contributed by atoms with van der Waals surface area (Å²) in [5.41, 5.74) is 5.63. The van der Waals surface area contributed by atoms with E-state index in [0.29, 0.717) is 0 Å². The fraction of sp³-hybridized carbons (Fsp3) is 0. The van der Waals surface area contributed by atoms with Gasteiger partial charge in [0.25, 0.3) is 0 Å². The maximum atomic E-state index is 5.63. The normalized spacial score (nSPS) is 10.4. The zero-order valence-corrected chi connectivity index (χ0v) is 8.48. The molecule has 0 fully saturated rings. The predicted molar refractivity (Wildman–Crippen MR) is 54.1 cm³/mol. The zero-order valence-electron chi connectivity index (χ0n) is 6.08. The Balaban J connectivity index is 2.54. The van der Waals surface area contributed by atoms with E-state index in [1.165, 1.54) is 11.3 Å². The lowest BCUT2D eigenvalue weighted by Gasteiger charge is -1.89. The van der Waals surface area contributed by atoms with Crippen LogP contribution in [0.2, 0.25) is 0 Å². The van der Waals surface area contributed by atoms with E-state index < -0.39 is 0 Å². The van der Waals surface area contributed by atoms with Crippen LogP contribution in [0, 0.1) is 0 Å². The van der Waals surface area contributed by atoms with Crippen LogP contribution in [-0.2, 0) is 0 Å². The van der Waals surface area contributed by atoms with Crippen LogP contribution in [0.25, 0.3) is 10.6 Å². The fourth-order valence-corrected chi connectivity index (χ4v) is 2.58. The van der Waals surface area contributed by atoms with Gasteiger partial charge in [0.15, 0.2) is 0 Å². The summed E-state index contributed by atoms with van der Waals surface area (Å²) in [5.74, 6) is 0.851. The predicted octanol–water partition coefficient (Wildman–Crippen LogP) is 3.35. The zero-order chi connectivity index (χ0) is 8.55. The summed E-state index contributed by atoms with van der Waals surface area (Å²) in [7, 11) is 0.